The number of nitrogens with zero attached hydrogens (tertiary/aromatic N) is 3. The molecule has 4 nitrogen and oxygen atoms in total. The van der Waals surface area contributed by atoms with Gasteiger partial charge in [0.2, 0.25) is 5.91 Å². The van der Waals surface area contributed by atoms with Crippen LogP contribution in [0.1, 0.15) is 31.2 Å². The molecule has 25 heavy (non-hydrogen) atoms. The van der Waals surface area contributed by atoms with E-state index in [1.807, 2.05) is 0 Å². The molecule has 0 aromatic heterocycles. The van der Waals surface area contributed by atoms with Crippen LogP contribution in [0.2, 0.25) is 0 Å². The van der Waals surface area contributed by atoms with Crippen molar-refractivity contribution in [2.24, 2.45) is 11.3 Å². The Labute approximate surface area is 151 Å². The third kappa shape index (κ3) is 3.75. The van der Waals surface area contributed by atoms with E-state index in [9.17, 15) is 4.79 Å². The van der Waals surface area contributed by atoms with E-state index in [4.69, 9.17) is 0 Å². The quantitative estimate of drug-likeness (QED) is 0.845. The lowest BCUT2D eigenvalue weighted by Crippen LogP contribution is -2.39. The molecule has 4 rings (SSSR count). The fraction of sp³-hybridized carbons (Fsp3) is 0.667. The summed E-state index contributed by atoms with van der Waals surface area (Å²) < 4.78 is 0. The van der Waals surface area contributed by atoms with E-state index >= 15 is 0 Å². The van der Waals surface area contributed by atoms with Crippen molar-refractivity contribution < 1.29 is 4.79 Å². The zero-order valence-electron chi connectivity index (χ0n) is 15.5. The summed E-state index contributed by atoms with van der Waals surface area (Å²) in [5.41, 5.74) is 1.73. The van der Waals surface area contributed by atoms with E-state index in [1.54, 1.807) is 0 Å². The van der Waals surface area contributed by atoms with Gasteiger partial charge < -0.3 is 9.80 Å². The monoisotopic (exact) mass is 341 g/mol. The fourth-order valence-corrected chi connectivity index (χ4v) is 4.73. The van der Waals surface area contributed by atoms with E-state index in [0.29, 0.717) is 17.2 Å². The number of carbonyl (C=O) groups excluding carboxylic acids is 1. The zero-order valence-corrected chi connectivity index (χ0v) is 15.5. The smallest absolute Gasteiger partial charge is 0.226 e. The third-order valence-corrected chi connectivity index (χ3v) is 6.62. The van der Waals surface area contributed by atoms with Crippen LogP contribution in [0.25, 0.3) is 0 Å². The molecule has 1 aromatic rings. The van der Waals surface area contributed by atoms with Gasteiger partial charge in [-0.3, -0.25) is 9.69 Å². The van der Waals surface area contributed by atoms with Gasteiger partial charge in [-0.25, -0.2) is 0 Å². The highest BCUT2D eigenvalue weighted by Crippen LogP contribution is 2.60. The zero-order chi connectivity index (χ0) is 17.3. The summed E-state index contributed by atoms with van der Waals surface area (Å²) >= 11 is 0. The number of hydrogen-bond acceptors (Lipinski definition) is 3. The lowest BCUT2D eigenvalue weighted by molar-refractivity contribution is -0.133. The fourth-order valence-electron chi connectivity index (χ4n) is 4.73. The van der Waals surface area contributed by atoms with Gasteiger partial charge in [0.25, 0.3) is 0 Å². The predicted molar refractivity (Wildman–Crippen MR) is 100 cm³/mol. The first-order chi connectivity index (χ1) is 12.2. The molecule has 1 aliphatic carbocycles. The molecular weight excluding hydrogens is 310 g/mol. The van der Waals surface area contributed by atoms with Crippen molar-refractivity contribution in [1.29, 1.82) is 0 Å². The molecule has 0 N–H and O–H groups in total. The second-order valence-corrected chi connectivity index (χ2v) is 8.36. The Balaban J connectivity index is 1.29. The van der Waals surface area contributed by atoms with Crippen LogP contribution in [0.5, 0.6) is 0 Å². The highest BCUT2D eigenvalue weighted by Gasteiger charge is 2.59. The number of carbonyl (C=O) groups is 1. The number of piperidine rings is 1. The van der Waals surface area contributed by atoms with Gasteiger partial charge in [0, 0.05) is 32.1 Å². The van der Waals surface area contributed by atoms with E-state index in [2.05, 4.69) is 52.1 Å². The van der Waals surface area contributed by atoms with Crippen molar-refractivity contribution in [1.82, 2.24) is 14.7 Å². The van der Waals surface area contributed by atoms with Crippen LogP contribution in [-0.4, -0.2) is 66.9 Å². The standard InChI is InChI=1S/C21H31N3O/c1-22-10-5-11-24(15-14-22)20(25)19-16-21(19)8-12-23(13-9-21)17-18-6-3-2-4-7-18/h2-4,6-7,19H,5,8-17H2,1H3/t19-/m0/s1. The molecule has 1 aromatic carbocycles. The Hall–Kier alpha value is -1.39. The minimum atomic E-state index is 0.315. The summed E-state index contributed by atoms with van der Waals surface area (Å²) in [6.07, 6.45) is 4.65. The molecule has 3 fully saturated rings. The van der Waals surface area contributed by atoms with Crippen LogP contribution >= 0.6 is 0 Å². The Morgan fingerprint density at radius 1 is 1.04 bits per heavy atom. The lowest BCUT2D eigenvalue weighted by Gasteiger charge is -2.33. The van der Waals surface area contributed by atoms with Crippen molar-refractivity contribution >= 4 is 5.91 Å². The third-order valence-electron chi connectivity index (χ3n) is 6.62. The molecule has 1 saturated carbocycles. The molecule has 2 heterocycles. The van der Waals surface area contributed by atoms with Gasteiger partial charge in [0.1, 0.15) is 0 Å². The van der Waals surface area contributed by atoms with Crippen molar-refractivity contribution in [2.45, 2.75) is 32.2 Å². The second-order valence-electron chi connectivity index (χ2n) is 8.36. The highest BCUT2D eigenvalue weighted by atomic mass is 16.2. The summed E-state index contributed by atoms with van der Waals surface area (Å²) in [6.45, 7) is 7.35. The van der Waals surface area contributed by atoms with Crippen molar-refractivity contribution in [3.05, 3.63) is 35.9 Å². The maximum Gasteiger partial charge on any atom is 0.226 e. The van der Waals surface area contributed by atoms with Gasteiger partial charge in [-0.1, -0.05) is 30.3 Å². The number of amides is 1. The Bertz CT molecular complexity index is 594. The highest BCUT2D eigenvalue weighted by molar-refractivity contribution is 5.82. The minimum Gasteiger partial charge on any atom is -0.341 e. The largest absolute Gasteiger partial charge is 0.341 e. The minimum absolute atomic E-state index is 0.315. The van der Waals surface area contributed by atoms with Gasteiger partial charge >= 0.3 is 0 Å². The van der Waals surface area contributed by atoms with E-state index < -0.39 is 0 Å². The number of benzene rings is 1. The van der Waals surface area contributed by atoms with Crippen molar-refractivity contribution in [3.8, 4) is 0 Å². The molecule has 4 heteroatoms. The second kappa shape index (κ2) is 7.08. The van der Waals surface area contributed by atoms with Crippen LogP contribution in [0.15, 0.2) is 30.3 Å². The van der Waals surface area contributed by atoms with Gasteiger partial charge in [-0.15, -0.1) is 0 Å². The molecule has 0 unspecified atom stereocenters. The van der Waals surface area contributed by atoms with Crippen molar-refractivity contribution in [2.75, 3.05) is 46.3 Å². The van der Waals surface area contributed by atoms with Gasteiger partial charge in [-0.2, -0.15) is 0 Å². The number of rotatable bonds is 3. The first-order valence-electron chi connectivity index (χ1n) is 9.90. The predicted octanol–water partition coefficient (Wildman–Crippen LogP) is 2.45. The van der Waals surface area contributed by atoms with Crippen LogP contribution < -0.4 is 0 Å². The first kappa shape index (κ1) is 17.0. The van der Waals surface area contributed by atoms with Gasteiger partial charge in [-0.05, 0) is 63.3 Å². The lowest BCUT2D eigenvalue weighted by atomic mass is 9.90. The Morgan fingerprint density at radius 3 is 2.56 bits per heavy atom. The molecule has 0 bridgehead atoms. The molecule has 3 aliphatic rings. The Morgan fingerprint density at radius 2 is 1.80 bits per heavy atom. The van der Waals surface area contributed by atoms with Crippen LogP contribution in [0, 0.1) is 11.3 Å². The topological polar surface area (TPSA) is 26.8 Å². The summed E-state index contributed by atoms with van der Waals surface area (Å²) in [7, 11) is 2.16. The summed E-state index contributed by atoms with van der Waals surface area (Å²) in [6, 6.07) is 10.7. The van der Waals surface area contributed by atoms with Gasteiger partial charge in [0.15, 0.2) is 0 Å². The molecule has 1 amide bonds. The van der Waals surface area contributed by atoms with Gasteiger partial charge in [0.05, 0.1) is 0 Å². The van der Waals surface area contributed by atoms with E-state index in [-0.39, 0.29) is 0 Å². The number of likely N-dealkylation sites (N-methyl/N-ethyl adjacent to an activating group) is 1. The summed E-state index contributed by atoms with van der Waals surface area (Å²) in [5, 5.41) is 0. The van der Waals surface area contributed by atoms with E-state index in [1.165, 1.54) is 18.4 Å². The molecule has 0 radical (unpaired) electrons. The summed E-state index contributed by atoms with van der Waals surface area (Å²) in [5.74, 6) is 0.765. The van der Waals surface area contributed by atoms with E-state index in [0.717, 1.165) is 58.7 Å². The van der Waals surface area contributed by atoms with Crippen LogP contribution in [0.3, 0.4) is 0 Å². The first-order valence-corrected chi connectivity index (χ1v) is 9.90. The molecule has 1 spiro atoms. The maximum atomic E-state index is 13.0. The SMILES string of the molecule is CN1CCCN(C(=O)[C@@H]2CC23CCN(Cc2ccccc2)CC3)CC1. The molecule has 2 saturated heterocycles. The Kier molecular flexibility index (Phi) is 4.83. The van der Waals surface area contributed by atoms with Crippen LogP contribution in [0.4, 0.5) is 0 Å². The molecule has 136 valence electrons. The molecular formula is C21H31N3O. The number of hydrogen-bond donors (Lipinski definition) is 0. The average Bonchev–Trinajstić information content (AvgIpc) is 3.38. The van der Waals surface area contributed by atoms with Crippen molar-refractivity contribution in [3.63, 3.8) is 0 Å². The maximum absolute atomic E-state index is 13.0. The molecule has 2 aliphatic heterocycles. The van der Waals surface area contributed by atoms with Crippen LogP contribution in [-0.2, 0) is 11.3 Å². The average molecular weight is 341 g/mol. The molecule has 1 atom stereocenters. The summed E-state index contributed by atoms with van der Waals surface area (Å²) in [4.78, 5) is 20.0. The normalized spacial score (nSPS) is 27.2. The number of likely N-dealkylation sites (tertiary alicyclic amines) is 1.